The van der Waals surface area contributed by atoms with Crippen LogP contribution >= 0.6 is 0 Å². The van der Waals surface area contributed by atoms with E-state index in [1.807, 2.05) is 6.92 Å². The van der Waals surface area contributed by atoms with Crippen molar-refractivity contribution in [2.45, 2.75) is 32.7 Å². The number of aliphatic hydroxyl groups excluding tert-OH is 1. The number of hydrogen-bond acceptors (Lipinski definition) is 3. The molecule has 0 fully saturated rings. The lowest BCUT2D eigenvalue weighted by molar-refractivity contribution is 0.229. The summed E-state index contributed by atoms with van der Waals surface area (Å²) in [6.45, 7) is 5.03. The summed E-state index contributed by atoms with van der Waals surface area (Å²) in [4.78, 5) is 0. The van der Waals surface area contributed by atoms with Crippen molar-refractivity contribution >= 4 is 0 Å². The van der Waals surface area contributed by atoms with Gasteiger partial charge in [0.25, 0.3) is 0 Å². The van der Waals surface area contributed by atoms with Gasteiger partial charge in [0, 0.05) is 19.2 Å². The van der Waals surface area contributed by atoms with Crippen LogP contribution in [0.5, 0.6) is 0 Å². The van der Waals surface area contributed by atoms with Crippen molar-refractivity contribution in [3.8, 4) is 6.07 Å². The van der Waals surface area contributed by atoms with Gasteiger partial charge in [0.05, 0.1) is 12.5 Å². The van der Waals surface area contributed by atoms with Gasteiger partial charge in [-0.25, -0.2) is 0 Å². The van der Waals surface area contributed by atoms with Crippen LogP contribution in [0, 0.1) is 17.2 Å². The fraction of sp³-hybridized carbons (Fsp3) is 0.889. The third kappa shape index (κ3) is 5.11. The van der Waals surface area contributed by atoms with Crippen molar-refractivity contribution in [1.82, 2.24) is 5.32 Å². The first-order valence-electron chi connectivity index (χ1n) is 4.45. The molecular formula is C9H18N2O. The highest BCUT2D eigenvalue weighted by Crippen LogP contribution is 1.98. The molecule has 0 aliphatic heterocycles. The lowest BCUT2D eigenvalue weighted by Crippen LogP contribution is -2.32. The van der Waals surface area contributed by atoms with Crippen molar-refractivity contribution in [1.29, 1.82) is 5.26 Å². The first-order valence-corrected chi connectivity index (χ1v) is 4.45. The Morgan fingerprint density at radius 2 is 2.25 bits per heavy atom. The lowest BCUT2D eigenvalue weighted by Gasteiger charge is -2.15. The van der Waals surface area contributed by atoms with Gasteiger partial charge in [-0.15, -0.1) is 0 Å². The SMILES string of the molecule is CCC(CC#N)NCC(C)CO. The standard InChI is InChI=1S/C9H18N2O/c1-3-9(4-5-10)11-6-8(2)7-12/h8-9,11-12H,3-4,6-7H2,1-2H3. The van der Waals surface area contributed by atoms with Crippen LogP contribution < -0.4 is 5.32 Å². The maximum Gasteiger partial charge on any atom is 0.0638 e. The van der Waals surface area contributed by atoms with Gasteiger partial charge < -0.3 is 10.4 Å². The summed E-state index contributed by atoms with van der Waals surface area (Å²) >= 11 is 0. The van der Waals surface area contributed by atoms with Crippen LogP contribution in [0.15, 0.2) is 0 Å². The number of rotatable bonds is 6. The smallest absolute Gasteiger partial charge is 0.0638 e. The first kappa shape index (κ1) is 11.4. The molecule has 0 spiro atoms. The minimum Gasteiger partial charge on any atom is -0.396 e. The summed E-state index contributed by atoms with van der Waals surface area (Å²) in [7, 11) is 0. The van der Waals surface area contributed by atoms with E-state index in [1.165, 1.54) is 0 Å². The summed E-state index contributed by atoms with van der Waals surface area (Å²) in [5, 5.41) is 20.4. The molecule has 70 valence electrons. The van der Waals surface area contributed by atoms with E-state index < -0.39 is 0 Å². The Morgan fingerprint density at radius 3 is 2.67 bits per heavy atom. The third-order valence-electron chi connectivity index (χ3n) is 1.90. The van der Waals surface area contributed by atoms with Gasteiger partial charge in [-0.05, 0) is 12.3 Å². The van der Waals surface area contributed by atoms with Crippen LogP contribution in [0.25, 0.3) is 0 Å². The molecule has 0 radical (unpaired) electrons. The van der Waals surface area contributed by atoms with Crippen molar-refractivity contribution in [3.05, 3.63) is 0 Å². The van der Waals surface area contributed by atoms with Crippen LogP contribution in [-0.4, -0.2) is 24.3 Å². The van der Waals surface area contributed by atoms with Gasteiger partial charge in [-0.2, -0.15) is 5.26 Å². The molecule has 12 heavy (non-hydrogen) atoms. The number of nitrogens with zero attached hydrogens (tertiary/aromatic N) is 1. The highest BCUT2D eigenvalue weighted by molar-refractivity contribution is 4.79. The van der Waals surface area contributed by atoms with Crippen molar-refractivity contribution in [2.24, 2.45) is 5.92 Å². The van der Waals surface area contributed by atoms with E-state index in [0.717, 1.165) is 13.0 Å². The zero-order valence-corrected chi connectivity index (χ0v) is 7.88. The number of aliphatic hydroxyl groups is 1. The van der Waals surface area contributed by atoms with Crippen LogP contribution in [-0.2, 0) is 0 Å². The quantitative estimate of drug-likeness (QED) is 0.622. The number of hydrogen-bond donors (Lipinski definition) is 2. The fourth-order valence-electron chi connectivity index (χ4n) is 0.903. The molecule has 0 amide bonds. The van der Waals surface area contributed by atoms with Crippen LogP contribution in [0.2, 0.25) is 0 Å². The van der Waals surface area contributed by atoms with Crippen LogP contribution in [0.1, 0.15) is 26.7 Å². The highest BCUT2D eigenvalue weighted by atomic mass is 16.3. The predicted octanol–water partition coefficient (Wildman–Crippen LogP) is 0.897. The molecule has 0 aromatic heterocycles. The molecule has 0 rings (SSSR count). The van der Waals surface area contributed by atoms with E-state index in [2.05, 4.69) is 18.3 Å². The Labute approximate surface area is 74.4 Å². The molecule has 0 heterocycles. The largest absolute Gasteiger partial charge is 0.396 e. The van der Waals surface area contributed by atoms with Crippen molar-refractivity contribution in [3.63, 3.8) is 0 Å². The molecule has 2 atom stereocenters. The first-order chi connectivity index (χ1) is 5.74. The molecular weight excluding hydrogens is 152 g/mol. The topological polar surface area (TPSA) is 56.0 Å². The molecule has 3 nitrogen and oxygen atoms in total. The lowest BCUT2D eigenvalue weighted by atomic mass is 10.1. The Morgan fingerprint density at radius 1 is 1.58 bits per heavy atom. The maximum absolute atomic E-state index is 8.75. The second kappa shape index (κ2) is 7.08. The molecule has 0 aliphatic rings. The zero-order valence-electron chi connectivity index (χ0n) is 7.88. The highest BCUT2D eigenvalue weighted by Gasteiger charge is 2.06. The molecule has 0 bridgehead atoms. The average molecular weight is 170 g/mol. The minimum absolute atomic E-state index is 0.204. The van der Waals surface area contributed by atoms with Crippen LogP contribution in [0.4, 0.5) is 0 Å². The van der Waals surface area contributed by atoms with E-state index in [-0.39, 0.29) is 18.6 Å². The van der Waals surface area contributed by atoms with E-state index >= 15 is 0 Å². The Hall–Kier alpha value is -0.590. The van der Waals surface area contributed by atoms with Gasteiger partial charge in [0.2, 0.25) is 0 Å². The van der Waals surface area contributed by atoms with Gasteiger partial charge in [0.15, 0.2) is 0 Å². The Kier molecular flexibility index (Phi) is 6.73. The monoisotopic (exact) mass is 170 g/mol. The van der Waals surface area contributed by atoms with Crippen molar-refractivity contribution in [2.75, 3.05) is 13.2 Å². The van der Waals surface area contributed by atoms with Gasteiger partial charge in [-0.1, -0.05) is 13.8 Å². The molecule has 2 unspecified atom stereocenters. The zero-order chi connectivity index (χ0) is 9.40. The number of nitriles is 1. The van der Waals surface area contributed by atoms with E-state index in [4.69, 9.17) is 10.4 Å². The van der Waals surface area contributed by atoms with Crippen molar-refractivity contribution < 1.29 is 5.11 Å². The minimum atomic E-state index is 0.204. The summed E-state index contributed by atoms with van der Waals surface area (Å²) in [6, 6.07) is 2.42. The number of nitrogens with one attached hydrogen (secondary N) is 1. The van der Waals surface area contributed by atoms with Gasteiger partial charge in [0.1, 0.15) is 0 Å². The fourth-order valence-corrected chi connectivity index (χ4v) is 0.903. The van der Waals surface area contributed by atoms with Gasteiger partial charge in [-0.3, -0.25) is 0 Å². The second-order valence-electron chi connectivity index (χ2n) is 3.16. The Bertz CT molecular complexity index is 142. The van der Waals surface area contributed by atoms with E-state index in [1.54, 1.807) is 0 Å². The third-order valence-corrected chi connectivity index (χ3v) is 1.90. The summed E-state index contributed by atoms with van der Waals surface area (Å²) in [5.41, 5.74) is 0. The molecule has 0 saturated heterocycles. The van der Waals surface area contributed by atoms with E-state index in [0.29, 0.717) is 6.42 Å². The summed E-state index contributed by atoms with van der Waals surface area (Å²) in [5.74, 6) is 0.276. The Balaban J connectivity index is 3.51. The molecule has 2 N–H and O–H groups in total. The maximum atomic E-state index is 8.75. The molecule has 3 heteroatoms. The predicted molar refractivity (Wildman–Crippen MR) is 48.6 cm³/mol. The molecule has 0 aromatic rings. The molecule has 0 aliphatic carbocycles. The van der Waals surface area contributed by atoms with Crippen LogP contribution in [0.3, 0.4) is 0 Å². The molecule has 0 saturated carbocycles. The molecule has 0 aromatic carbocycles. The average Bonchev–Trinajstić information content (AvgIpc) is 2.11. The normalized spacial score (nSPS) is 15.2. The summed E-state index contributed by atoms with van der Waals surface area (Å²) in [6.07, 6.45) is 1.51. The van der Waals surface area contributed by atoms with Gasteiger partial charge >= 0.3 is 0 Å². The van der Waals surface area contributed by atoms with E-state index in [9.17, 15) is 0 Å². The second-order valence-corrected chi connectivity index (χ2v) is 3.16. The summed E-state index contributed by atoms with van der Waals surface area (Å²) < 4.78 is 0.